The van der Waals surface area contributed by atoms with Crippen molar-refractivity contribution in [1.29, 1.82) is 0 Å². The molecule has 1 aliphatic carbocycles. The Kier molecular flexibility index (Phi) is 3.11. The highest BCUT2D eigenvalue weighted by Gasteiger charge is 2.40. The van der Waals surface area contributed by atoms with Gasteiger partial charge in [-0.3, -0.25) is 0 Å². The van der Waals surface area contributed by atoms with Gasteiger partial charge >= 0.3 is 0 Å². The molecule has 1 heterocycles. The Morgan fingerprint density at radius 2 is 1.95 bits per heavy atom. The van der Waals surface area contributed by atoms with Gasteiger partial charge in [0.15, 0.2) is 0 Å². The minimum Gasteiger partial charge on any atom is -0.458 e. The van der Waals surface area contributed by atoms with Crippen molar-refractivity contribution in [2.24, 2.45) is 5.92 Å². The van der Waals surface area contributed by atoms with Crippen LogP contribution in [0.15, 0.2) is 34.7 Å². The molecule has 1 unspecified atom stereocenters. The predicted molar refractivity (Wildman–Crippen MR) is 73.8 cm³/mol. The number of para-hydroxylation sites is 1. The summed E-state index contributed by atoms with van der Waals surface area (Å²) in [5.41, 5.74) is -0.287. The first-order valence-corrected chi connectivity index (χ1v) is 6.97. The van der Waals surface area contributed by atoms with E-state index in [1.807, 2.05) is 30.3 Å². The molecule has 0 amide bonds. The maximum absolute atomic E-state index is 10.6. The molecule has 0 bridgehead atoms. The monoisotopic (exact) mass is 260 g/mol. The molecule has 2 aromatic rings. The Labute approximate surface area is 112 Å². The van der Waals surface area contributed by atoms with Crippen molar-refractivity contribution >= 4 is 11.0 Å². The second-order valence-electron chi connectivity index (χ2n) is 5.88. The van der Waals surface area contributed by atoms with Crippen molar-refractivity contribution in [3.8, 4) is 0 Å². The summed E-state index contributed by atoms with van der Waals surface area (Å²) in [6.45, 7) is 2.19. The summed E-state index contributed by atoms with van der Waals surface area (Å²) >= 11 is 0. The fourth-order valence-corrected chi connectivity index (χ4v) is 2.94. The Morgan fingerprint density at radius 3 is 2.63 bits per heavy atom. The minimum atomic E-state index is -1.04. The maximum atomic E-state index is 10.6. The molecular formula is C16H20O3. The highest BCUT2D eigenvalue weighted by molar-refractivity contribution is 5.77. The molecule has 1 aliphatic rings. The molecule has 1 atom stereocenters. The van der Waals surface area contributed by atoms with Crippen LogP contribution in [-0.4, -0.2) is 15.8 Å². The summed E-state index contributed by atoms with van der Waals surface area (Å²) in [6.07, 6.45) is 2.23. The molecule has 0 radical (unpaired) electrons. The number of benzene rings is 1. The Morgan fingerprint density at radius 1 is 1.26 bits per heavy atom. The molecule has 1 aromatic heterocycles. The van der Waals surface area contributed by atoms with E-state index in [0.717, 1.165) is 23.8 Å². The number of hydrogen-bond acceptors (Lipinski definition) is 3. The number of hydrogen-bond donors (Lipinski definition) is 2. The van der Waals surface area contributed by atoms with Gasteiger partial charge in [0.25, 0.3) is 0 Å². The third kappa shape index (κ3) is 2.28. The van der Waals surface area contributed by atoms with E-state index < -0.39 is 11.7 Å². The number of aliphatic hydroxyl groups is 2. The van der Waals surface area contributed by atoms with E-state index in [-0.39, 0.29) is 0 Å². The van der Waals surface area contributed by atoms with Gasteiger partial charge in [-0.05, 0) is 43.7 Å². The van der Waals surface area contributed by atoms with E-state index in [0.29, 0.717) is 24.5 Å². The largest absolute Gasteiger partial charge is 0.458 e. The molecule has 1 saturated carbocycles. The number of aliphatic hydroxyl groups excluding tert-OH is 1. The van der Waals surface area contributed by atoms with E-state index >= 15 is 0 Å². The standard InChI is InChI=1S/C16H20O3/c1-11-6-8-16(18,9-7-11)15(17)14-10-12-4-2-3-5-13(12)19-14/h2-5,10-11,15,17-18H,6-9H2,1H3. The molecular weight excluding hydrogens is 240 g/mol. The number of furan rings is 1. The van der Waals surface area contributed by atoms with Crippen LogP contribution >= 0.6 is 0 Å². The third-order valence-electron chi connectivity index (χ3n) is 4.36. The molecule has 0 saturated heterocycles. The van der Waals surface area contributed by atoms with Crippen LogP contribution in [0, 0.1) is 5.92 Å². The van der Waals surface area contributed by atoms with Crippen molar-refractivity contribution in [2.45, 2.75) is 44.3 Å². The van der Waals surface area contributed by atoms with Crippen LogP contribution in [0.1, 0.15) is 44.5 Å². The molecule has 3 rings (SSSR count). The summed E-state index contributed by atoms with van der Waals surface area (Å²) in [5.74, 6) is 1.10. The topological polar surface area (TPSA) is 53.6 Å². The smallest absolute Gasteiger partial charge is 0.140 e. The molecule has 102 valence electrons. The molecule has 1 fully saturated rings. The van der Waals surface area contributed by atoms with E-state index in [2.05, 4.69) is 6.92 Å². The lowest BCUT2D eigenvalue weighted by Crippen LogP contribution is -2.39. The quantitative estimate of drug-likeness (QED) is 0.870. The predicted octanol–water partition coefficient (Wildman–Crippen LogP) is 3.41. The van der Waals surface area contributed by atoms with Crippen LogP contribution in [0.25, 0.3) is 11.0 Å². The average Bonchev–Trinajstić information content (AvgIpc) is 2.85. The maximum Gasteiger partial charge on any atom is 0.140 e. The van der Waals surface area contributed by atoms with Gasteiger partial charge in [-0.2, -0.15) is 0 Å². The highest BCUT2D eigenvalue weighted by atomic mass is 16.4. The Balaban J connectivity index is 1.88. The van der Waals surface area contributed by atoms with Gasteiger partial charge in [-0.15, -0.1) is 0 Å². The van der Waals surface area contributed by atoms with Crippen molar-refractivity contribution in [3.63, 3.8) is 0 Å². The van der Waals surface area contributed by atoms with Crippen LogP contribution in [0.2, 0.25) is 0 Å². The molecule has 0 spiro atoms. The van der Waals surface area contributed by atoms with Gasteiger partial charge in [0.05, 0.1) is 5.60 Å². The van der Waals surface area contributed by atoms with Crippen molar-refractivity contribution in [2.75, 3.05) is 0 Å². The van der Waals surface area contributed by atoms with Crippen molar-refractivity contribution in [1.82, 2.24) is 0 Å². The second-order valence-corrected chi connectivity index (χ2v) is 5.88. The zero-order chi connectivity index (χ0) is 13.5. The average molecular weight is 260 g/mol. The molecule has 0 aliphatic heterocycles. The van der Waals surface area contributed by atoms with Crippen LogP contribution in [0.5, 0.6) is 0 Å². The van der Waals surface area contributed by atoms with Crippen LogP contribution < -0.4 is 0 Å². The number of rotatable bonds is 2. The lowest BCUT2D eigenvalue weighted by Gasteiger charge is -2.37. The molecule has 19 heavy (non-hydrogen) atoms. The summed E-state index contributed by atoms with van der Waals surface area (Å²) in [4.78, 5) is 0. The summed E-state index contributed by atoms with van der Waals surface area (Å²) in [6, 6.07) is 9.49. The van der Waals surface area contributed by atoms with Gasteiger partial charge < -0.3 is 14.6 Å². The fraction of sp³-hybridized carbons (Fsp3) is 0.500. The molecule has 3 nitrogen and oxygen atoms in total. The Hall–Kier alpha value is -1.32. The molecule has 1 aromatic carbocycles. The first kappa shape index (κ1) is 12.7. The fourth-order valence-electron chi connectivity index (χ4n) is 2.94. The zero-order valence-electron chi connectivity index (χ0n) is 11.2. The lowest BCUT2D eigenvalue weighted by molar-refractivity contribution is -0.112. The molecule has 3 heteroatoms. The van der Waals surface area contributed by atoms with E-state index in [1.54, 1.807) is 0 Å². The Bertz CT molecular complexity index is 531. The summed E-state index contributed by atoms with van der Waals surface area (Å²) < 4.78 is 5.67. The van der Waals surface area contributed by atoms with Gasteiger partial charge in [0, 0.05) is 5.39 Å². The SMILES string of the molecule is CC1CCC(O)(C(O)c2cc3ccccc3o2)CC1. The van der Waals surface area contributed by atoms with Crippen LogP contribution in [0.3, 0.4) is 0 Å². The van der Waals surface area contributed by atoms with Crippen molar-refractivity contribution in [3.05, 3.63) is 36.1 Å². The van der Waals surface area contributed by atoms with Crippen molar-refractivity contribution < 1.29 is 14.6 Å². The van der Waals surface area contributed by atoms with E-state index in [9.17, 15) is 10.2 Å². The van der Waals surface area contributed by atoms with E-state index in [1.165, 1.54) is 0 Å². The molecule has 2 N–H and O–H groups in total. The first-order valence-electron chi connectivity index (χ1n) is 6.97. The minimum absolute atomic E-state index is 0.471. The van der Waals surface area contributed by atoms with Gasteiger partial charge in [0.2, 0.25) is 0 Å². The zero-order valence-corrected chi connectivity index (χ0v) is 11.2. The van der Waals surface area contributed by atoms with Gasteiger partial charge in [-0.25, -0.2) is 0 Å². The van der Waals surface area contributed by atoms with Gasteiger partial charge in [-0.1, -0.05) is 25.1 Å². The second kappa shape index (κ2) is 4.66. The van der Waals surface area contributed by atoms with Crippen LogP contribution in [-0.2, 0) is 0 Å². The highest BCUT2D eigenvalue weighted by Crippen LogP contribution is 2.41. The first-order chi connectivity index (χ1) is 9.08. The summed E-state index contributed by atoms with van der Waals surface area (Å²) in [5, 5.41) is 22.0. The van der Waals surface area contributed by atoms with E-state index in [4.69, 9.17) is 4.42 Å². The normalized spacial score (nSPS) is 29.5. The van der Waals surface area contributed by atoms with Gasteiger partial charge in [0.1, 0.15) is 17.4 Å². The van der Waals surface area contributed by atoms with Crippen LogP contribution in [0.4, 0.5) is 0 Å². The summed E-state index contributed by atoms with van der Waals surface area (Å²) in [7, 11) is 0. The number of fused-ring (bicyclic) bond motifs is 1. The third-order valence-corrected chi connectivity index (χ3v) is 4.36. The lowest BCUT2D eigenvalue weighted by atomic mass is 9.76.